The summed E-state index contributed by atoms with van der Waals surface area (Å²) >= 11 is 0. The van der Waals surface area contributed by atoms with E-state index in [0.29, 0.717) is 12.5 Å². The molecule has 1 atom stereocenters. The molecule has 0 saturated heterocycles. The second-order valence-corrected chi connectivity index (χ2v) is 6.79. The summed E-state index contributed by atoms with van der Waals surface area (Å²) in [6.45, 7) is 8.56. The van der Waals surface area contributed by atoms with Crippen LogP contribution in [0.25, 0.3) is 0 Å². The highest BCUT2D eigenvalue weighted by molar-refractivity contribution is 14.0. The lowest BCUT2D eigenvalue weighted by molar-refractivity contribution is 0.0657. The largest absolute Gasteiger partial charge is 0.374 e. The van der Waals surface area contributed by atoms with E-state index in [2.05, 4.69) is 84.9 Å². The fourth-order valence-corrected chi connectivity index (χ4v) is 2.57. The van der Waals surface area contributed by atoms with Gasteiger partial charge in [-0.15, -0.1) is 24.0 Å². The van der Waals surface area contributed by atoms with Crippen LogP contribution in [0, 0.1) is 0 Å². The number of guanidine groups is 1. The average molecular weight is 481 g/mol. The van der Waals surface area contributed by atoms with Gasteiger partial charge in [0.25, 0.3) is 0 Å². The van der Waals surface area contributed by atoms with Crippen molar-refractivity contribution in [3.63, 3.8) is 0 Å². The Kier molecular flexibility index (Phi) is 11.0. The predicted octanol–water partition coefficient (Wildman–Crippen LogP) is 4.70. The number of rotatable bonds is 8. The maximum Gasteiger partial charge on any atom is 0.191 e. The van der Waals surface area contributed by atoms with Crippen LogP contribution in [0.2, 0.25) is 0 Å². The van der Waals surface area contributed by atoms with E-state index in [4.69, 9.17) is 4.74 Å². The predicted molar refractivity (Wildman–Crippen MR) is 125 cm³/mol. The van der Waals surface area contributed by atoms with Crippen molar-refractivity contribution in [3.8, 4) is 0 Å². The van der Waals surface area contributed by atoms with Crippen LogP contribution < -0.4 is 10.6 Å². The number of halogens is 1. The second-order valence-electron chi connectivity index (χ2n) is 6.79. The third-order valence-electron chi connectivity index (χ3n) is 4.23. The van der Waals surface area contributed by atoms with E-state index in [1.165, 1.54) is 16.7 Å². The molecule has 2 aromatic rings. The van der Waals surface area contributed by atoms with E-state index >= 15 is 0 Å². The molecule has 0 amide bonds. The third kappa shape index (κ3) is 8.75. The fourth-order valence-electron chi connectivity index (χ4n) is 2.57. The molecule has 4 nitrogen and oxygen atoms in total. The number of hydrogen-bond acceptors (Lipinski definition) is 2. The normalized spacial score (nSPS) is 12.4. The van der Waals surface area contributed by atoms with Crippen LogP contribution in [0.1, 0.15) is 43.4 Å². The summed E-state index contributed by atoms with van der Waals surface area (Å²) in [5, 5.41) is 6.77. The summed E-state index contributed by atoms with van der Waals surface area (Å²) in [6.07, 6.45) is 0.254. The molecule has 0 aromatic heterocycles. The van der Waals surface area contributed by atoms with Crippen LogP contribution >= 0.6 is 24.0 Å². The third-order valence-corrected chi connectivity index (χ3v) is 4.23. The zero-order valence-electron chi connectivity index (χ0n) is 16.7. The Labute approximate surface area is 180 Å². The molecule has 0 radical (unpaired) electrons. The van der Waals surface area contributed by atoms with Crippen LogP contribution in [0.3, 0.4) is 0 Å². The fraction of sp³-hybridized carbons (Fsp3) is 0.409. The lowest BCUT2D eigenvalue weighted by Gasteiger charge is -2.16. The molecule has 0 saturated carbocycles. The molecule has 0 heterocycles. The molecule has 2 N–H and O–H groups in total. The summed E-state index contributed by atoms with van der Waals surface area (Å²) < 4.78 is 5.63. The number of hydrogen-bond donors (Lipinski definition) is 2. The van der Waals surface area contributed by atoms with Crippen molar-refractivity contribution in [1.29, 1.82) is 0 Å². The van der Waals surface area contributed by atoms with E-state index in [0.717, 1.165) is 19.0 Å². The molecule has 2 aromatic carbocycles. The topological polar surface area (TPSA) is 45.7 Å². The van der Waals surface area contributed by atoms with Gasteiger partial charge in [0.05, 0.1) is 12.7 Å². The second kappa shape index (κ2) is 12.7. The van der Waals surface area contributed by atoms with E-state index < -0.39 is 0 Å². The van der Waals surface area contributed by atoms with Crippen LogP contribution in [0.4, 0.5) is 0 Å². The molecule has 5 heteroatoms. The number of aliphatic imine (C=N–C) groups is 1. The Hall–Kier alpha value is -1.60. The van der Waals surface area contributed by atoms with E-state index in [1.807, 2.05) is 6.07 Å². The lowest BCUT2D eigenvalue weighted by atomic mass is 10.0. The van der Waals surface area contributed by atoms with Gasteiger partial charge in [-0.05, 0) is 36.5 Å². The summed E-state index contributed by atoms with van der Waals surface area (Å²) in [5.74, 6) is 1.25. The van der Waals surface area contributed by atoms with Crippen molar-refractivity contribution < 1.29 is 4.74 Å². The van der Waals surface area contributed by atoms with E-state index in [1.54, 1.807) is 7.05 Å². The monoisotopic (exact) mass is 481 g/mol. The van der Waals surface area contributed by atoms with Gasteiger partial charge < -0.3 is 15.4 Å². The van der Waals surface area contributed by atoms with Crippen LogP contribution in [0.5, 0.6) is 0 Å². The number of ether oxygens (including phenoxy) is 1. The molecular formula is C22H32IN3O. The molecule has 0 fully saturated rings. The van der Waals surface area contributed by atoms with Crippen molar-refractivity contribution in [2.24, 2.45) is 4.99 Å². The summed E-state index contributed by atoms with van der Waals surface area (Å²) in [5.41, 5.74) is 3.74. The Morgan fingerprint density at radius 3 is 2.15 bits per heavy atom. The smallest absolute Gasteiger partial charge is 0.191 e. The molecule has 0 spiro atoms. The van der Waals surface area contributed by atoms with Crippen LogP contribution in [-0.2, 0) is 17.9 Å². The zero-order chi connectivity index (χ0) is 18.8. The lowest BCUT2D eigenvalue weighted by Crippen LogP contribution is -2.38. The maximum atomic E-state index is 5.63. The molecule has 0 aliphatic carbocycles. The van der Waals surface area contributed by atoms with Crippen molar-refractivity contribution in [1.82, 2.24) is 10.6 Å². The molecule has 0 aliphatic rings. The van der Waals surface area contributed by atoms with Crippen LogP contribution in [0.15, 0.2) is 59.6 Å². The van der Waals surface area contributed by atoms with Gasteiger partial charge in [0.15, 0.2) is 5.96 Å². The first-order chi connectivity index (χ1) is 12.6. The van der Waals surface area contributed by atoms with Crippen molar-refractivity contribution >= 4 is 29.9 Å². The molecule has 0 bridgehead atoms. The summed E-state index contributed by atoms with van der Waals surface area (Å²) in [6, 6.07) is 19.0. The van der Waals surface area contributed by atoms with E-state index in [-0.39, 0.29) is 30.1 Å². The Morgan fingerprint density at radius 1 is 0.926 bits per heavy atom. The van der Waals surface area contributed by atoms with E-state index in [9.17, 15) is 0 Å². The highest BCUT2D eigenvalue weighted by atomic mass is 127. The van der Waals surface area contributed by atoms with Gasteiger partial charge in [-0.25, -0.2) is 0 Å². The highest BCUT2D eigenvalue weighted by Crippen LogP contribution is 2.13. The zero-order valence-corrected chi connectivity index (χ0v) is 19.1. The van der Waals surface area contributed by atoms with Gasteiger partial charge in [0.1, 0.15) is 0 Å². The Balaban J connectivity index is 0.00000364. The quantitative estimate of drug-likeness (QED) is 0.327. The minimum atomic E-state index is 0. The molecular weight excluding hydrogens is 449 g/mol. The first-order valence-corrected chi connectivity index (χ1v) is 9.27. The maximum absolute atomic E-state index is 5.63. The van der Waals surface area contributed by atoms with Gasteiger partial charge in [0.2, 0.25) is 0 Å². The minimum absolute atomic E-state index is 0. The van der Waals surface area contributed by atoms with Crippen LogP contribution in [-0.4, -0.2) is 25.7 Å². The van der Waals surface area contributed by atoms with Crippen molar-refractivity contribution in [2.45, 2.75) is 45.9 Å². The molecule has 0 aliphatic heterocycles. The number of nitrogens with one attached hydrogen (secondary N) is 2. The minimum Gasteiger partial charge on any atom is -0.374 e. The number of benzene rings is 2. The molecule has 1 unspecified atom stereocenters. The highest BCUT2D eigenvalue weighted by Gasteiger charge is 2.06. The molecule has 27 heavy (non-hydrogen) atoms. The van der Waals surface area contributed by atoms with Crippen molar-refractivity contribution in [3.05, 3.63) is 71.3 Å². The summed E-state index contributed by atoms with van der Waals surface area (Å²) in [7, 11) is 1.80. The Morgan fingerprint density at radius 2 is 1.56 bits per heavy atom. The average Bonchev–Trinajstić information content (AvgIpc) is 2.67. The van der Waals surface area contributed by atoms with Gasteiger partial charge in [-0.2, -0.15) is 0 Å². The standard InChI is InChI=1S/C22H31N3O.HI/c1-17(2)26-16-20-12-10-19(11-13-20)15-25-22(23-4)24-14-18(3)21-8-6-5-7-9-21;/h5-13,17-18H,14-16H2,1-4H3,(H2,23,24,25);1H. The Bertz CT molecular complexity index is 672. The van der Waals surface area contributed by atoms with Crippen molar-refractivity contribution in [2.75, 3.05) is 13.6 Å². The SMILES string of the molecule is CN=C(NCc1ccc(COC(C)C)cc1)NCC(C)c1ccccc1.I. The molecule has 2 rings (SSSR count). The number of nitrogens with zero attached hydrogens (tertiary/aromatic N) is 1. The summed E-state index contributed by atoms with van der Waals surface area (Å²) in [4.78, 5) is 4.31. The van der Waals surface area contributed by atoms with Gasteiger partial charge in [-0.3, -0.25) is 4.99 Å². The molecule has 148 valence electrons. The first-order valence-electron chi connectivity index (χ1n) is 9.27. The first kappa shape index (κ1) is 23.4. The van der Waals surface area contributed by atoms with Gasteiger partial charge in [-0.1, -0.05) is 61.5 Å². The van der Waals surface area contributed by atoms with Gasteiger partial charge >= 0.3 is 0 Å². The van der Waals surface area contributed by atoms with Gasteiger partial charge in [0, 0.05) is 20.1 Å².